The molecule has 1 amide bonds. The third kappa shape index (κ3) is 4.00. The molecule has 0 bridgehead atoms. The molecule has 0 N–H and O–H groups in total. The van der Waals surface area contributed by atoms with Gasteiger partial charge in [-0.05, 0) is 45.4 Å². The molecular weight excluding hydrogens is 382 g/mol. The van der Waals surface area contributed by atoms with Crippen LogP contribution in [0.2, 0.25) is 0 Å². The van der Waals surface area contributed by atoms with E-state index >= 15 is 0 Å². The molecular formula is C22H25N5OS. The molecule has 2 aromatic heterocycles. The smallest absolute Gasteiger partial charge is 0.265 e. The molecule has 1 aromatic carbocycles. The number of aromatic nitrogens is 3. The van der Waals surface area contributed by atoms with Gasteiger partial charge in [-0.1, -0.05) is 23.8 Å². The maximum absolute atomic E-state index is 12.8. The quantitative estimate of drug-likeness (QED) is 0.661. The molecule has 150 valence electrons. The molecule has 4 rings (SSSR count). The molecule has 0 atom stereocenters. The molecule has 1 aliphatic rings. The normalized spacial score (nSPS) is 14.3. The van der Waals surface area contributed by atoms with Crippen molar-refractivity contribution in [3.8, 4) is 11.3 Å². The fourth-order valence-electron chi connectivity index (χ4n) is 3.75. The summed E-state index contributed by atoms with van der Waals surface area (Å²) in [6, 6.07) is 10.4. The van der Waals surface area contributed by atoms with E-state index in [1.165, 1.54) is 22.5 Å². The van der Waals surface area contributed by atoms with Crippen LogP contribution >= 0.6 is 11.3 Å². The first-order valence-corrected chi connectivity index (χ1v) is 10.6. The van der Waals surface area contributed by atoms with Gasteiger partial charge in [-0.15, -0.1) is 21.5 Å². The third-order valence-electron chi connectivity index (χ3n) is 5.30. The van der Waals surface area contributed by atoms with Gasteiger partial charge in [0.2, 0.25) is 0 Å². The molecule has 0 spiro atoms. The summed E-state index contributed by atoms with van der Waals surface area (Å²) in [6.07, 6.45) is 0. The van der Waals surface area contributed by atoms with Gasteiger partial charge >= 0.3 is 0 Å². The van der Waals surface area contributed by atoms with Crippen molar-refractivity contribution in [2.75, 3.05) is 31.1 Å². The van der Waals surface area contributed by atoms with E-state index < -0.39 is 0 Å². The molecule has 29 heavy (non-hydrogen) atoms. The first kappa shape index (κ1) is 19.5. The summed E-state index contributed by atoms with van der Waals surface area (Å²) in [5.74, 6) is 0.944. The number of benzene rings is 1. The molecule has 3 aromatic rings. The minimum atomic E-state index is 0.0871. The fourth-order valence-corrected chi connectivity index (χ4v) is 4.64. The summed E-state index contributed by atoms with van der Waals surface area (Å²) in [4.78, 5) is 22.0. The van der Waals surface area contributed by atoms with Crippen LogP contribution in [0.25, 0.3) is 11.3 Å². The summed E-state index contributed by atoms with van der Waals surface area (Å²) in [5, 5.41) is 9.84. The Kier molecular flexibility index (Phi) is 5.32. The number of hydrogen-bond donors (Lipinski definition) is 0. The standard InChI is InChI=1S/C22H25N5OS/c1-14-5-6-18(15(2)13-14)19-7-8-20(25-24-19)26-9-11-27(12-10-26)22(28)21-16(3)23-17(4)29-21/h5-8,13H,9-12H2,1-4H3. The Labute approximate surface area is 175 Å². The number of rotatable bonds is 3. The predicted molar refractivity (Wildman–Crippen MR) is 117 cm³/mol. The molecule has 7 heteroatoms. The van der Waals surface area contributed by atoms with Gasteiger partial charge < -0.3 is 9.80 Å². The van der Waals surface area contributed by atoms with Crippen molar-refractivity contribution in [2.45, 2.75) is 27.7 Å². The van der Waals surface area contributed by atoms with Crippen LogP contribution in [0.15, 0.2) is 30.3 Å². The van der Waals surface area contributed by atoms with Gasteiger partial charge in [-0.2, -0.15) is 0 Å². The lowest BCUT2D eigenvalue weighted by atomic mass is 10.0. The highest BCUT2D eigenvalue weighted by atomic mass is 32.1. The van der Waals surface area contributed by atoms with Gasteiger partial charge in [0.05, 0.1) is 16.4 Å². The monoisotopic (exact) mass is 407 g/mol. The van der Waals surface area contributed by atoms with Crippen LogP contribution in [0, 0.1) is 27.7 Å². The number of amides is 1. The van der Waals surface area contributed by atoms with Gasteiger partial charge in [0.1, 0.15) is 4.88 Å². The van der Waals surface area contributed by atoms with E-state index in [0.29, 0.717) is 13.1 Å². The van der Waals surface area contributed by atoms with Crippen LogP contribution in [-0.4, -0.2) is 52.2 Å². The molecule has 6 nitrogen and oxygen atoms in total. The number of nitrogens with zero attached hydrogens (tertiary/aromatic N) is 5. The lowest BCUT2D eigenvalue weighted by Crippen LogP contribution is -2.49. The Balaban J connectivity index is 1.42. The molecule has 0 radical (unpaired) electrons. The number of hydrogen-bond acceptors (Lipinski definition) is 6. The molecule has 3 heterocycles. The Morgan fingerprint density at radius 3 is 2.31 bits per heavy atom. The van der Waals surface area contributed by atoms with E-state index in [2.05, 4.69) is 52.1 Å². The van der Waals surface area contributed by atoms with Crippen LogP contribution in [0.5, 0.6) is 0 Å². The molecule has 0 unspecified atom stereocenters. The topological polar surface area (TPSA) is 62.2 Å². The zero-order valence-corrected chi connectivity index (χ0v) is 18.1. The second kappa shape index (κ2) is 7.91. The minimum Gasteiger partial charge on any atom is -0.352 e. The summed E-state index contributed by atoms with van der Waals surface area (Å²) in [5.41, 5.74) is 5.27. The van der Waals surface area contributed by atoms with Crippen LogP contribution in [0.4, 0.5) is 5.82 Å². The number of piperazine rings is 1. The van der Waals surface area contributed by atoms with E-state index in [-0.39, 0.29) is 5.91 Å². The Bertz CT molecular complexity index is 1040. The number of anilines is 1. The molecule has 1 fully saturated rings. The van der Waals surface area contributed by atoms with Gasteiger partial charge in [0.25, 0.3) is 5.91 Å². The second-order valence-corrected chi connectivity index (χ2v) is 8.73. The summed E-state index contributed by atoms with van der Waals surface area (Å²) < 4.78 is 0. The number of thiazole rings is 1. The van der Waals surface area contributed by atoms with Crippen molar-refractivity contribution in [3.05, 3.63) is 57.0 Å². The van der Waals surface area contributed by atoms with Crippen molar-refractivity contribution < 1.29 is 4.79 Å². The average Bonchev–Trinajstić information content (AvgIpc) is 3.06. The van der Waals surface area contributed by atoms with Gasteiger partial charge in [-0.3, -0.25) is 4.79 Å². The maximum Gasteiger partial charge on any atom is 0.265 e. The maximum atomic E-state index is 12.8. The second-order valence-electron chi connectivity index (χ2n) is 7.52. The SMILES string of the molecule is Cc1ccc(-c2ccc(N3CCN(C(=O)c4sc(C)nc4C)CC3)nn2)c(C)c1. The van der Waals surface area contributed by atoms with Crippen molar-refractivity contribution in [1.82, 2.24) is 20.1 Å². The molecule has 0 aliphatic carbocycles. The number of carbonyl (C=O) groups excluding carboxylic acids is 1. The first-order valence-electron chi connectivity index (χ1n) is 9.82. The van der Waals surface area contributed by atoms with E-state index in [1.54, 1.807) is 0 Å². The fraction of sp³-hybridized carbons (Fsp3) is 0.364. The van der Waals surface area contributed by atoms with E-state index in [0.717, 1.165) is 45.7 Å². The lowest BCUT2D eigenvalue weighted by Gasteiger charge is -2.35. The highest BCUT2D eigenvalue weighted by Crippen LogP contribution is 2.24. The van der Waals surface area contributed by atoms with Crippen LogP contribution in [-0.2, 0) is 0 Å². The van der Waals surface area contributed by atoms with Crippen molar-refractivity contribution >= 4 is 23.1 Å². The summed E-state index contributed by atoms with van der Waals surface area (Å²) in [6.45, 7) is 10.9. The van der Waals surface area contributed by atoms with Crippen LogP contribution in [0.3, 0.4) is 0 Å². The molecule has 1 aliphatic heterocycles. The summed E-state index contributed by atoms with van der Waals surface area (Å²) >= 11 is 1.48. The van der Waals surface area contributed by atoms with Crippen molar-refractivity contribution in [3.63, 3.8) is 0 Å². The highest BCUT2D eigenvalue weighted by Gasteiger charge is 2.25. The van der Waals surface area contributed by atoms with Crippen LogP contribution in [0.1, 0.15) is 31.5 Å². The molecule has 1 saturated heterocycles. The van der Waals surface area contributed by atoms with Gasteiger partial charge in [0, 0.05) is 31.7 Å². The number of aryl methyl sites for hydroxylation is 4. The zero-order valence-electron chi connectivity index (χ0n) is 17.3. The first-order chi connectivity index (χ1) is 13.9. The molecule has 0 saturated carbocycles. The minimum absolute atomic E-state index is 0.0871. The average molecular weight is 408 g/mol. The Hall–Kier alpha value is -2.80. The van der Waals surface area contributed by atoms with Gasteiger partial charge in [0.15, 0.2) is 5.82 Å². The summed E-state index contributed by atoms with van der Waals surface area (Å²) in [7, 11) is 0. The van der Waals surface area contributed by atoms with E-state index in [1.807, 2.05) is 30.9 Å². The van der Waals surface area contributed by atoms with Crippen molar-refractivity contribution in [1.29, 1.82) is 0 Å². The van der Waals surface area contributed by atoms with E-state index in [4.69, 9.17) is 0 Å². The Morgan fingerprint density at radius 2 is 1.72 bits per heavy atom. The number of carbonyl (C=O) groups is 1. The highest BCUT2D eigenvalue weighted by molar-refractivity contribution is 7.13. The predicted octanol–water partition coefficient (Wildman–Crippen LogP) is 3.80. The third-order valence-corrected chi connectivity index (χ3v) is 6.36. The van der Waals surface area contributed by atoms with Crippen molar-refractivity contribution in [2.24, 2.45) is 0 Å². The van der Waals surface area contributed by atoms with Gasteiger partial charge in [-0.25, -0.2) is 4.98 Å². The van der Waals surface area contributed by atoms with Crippen LogP contribution < -0.4 is 4.90 Å². The largest absolute Gasteiger partial charge is 0.352 e. The van der Waals surface area contributed by atoms with E-state index in [9.17, 15) is 4.79 Å². The zero-order chi connectivity index (χ0) is 20.5. The lowest BCUT2D eigenvalue weighted by molar-refractivity contribution is 0.0750. The Morgan fingerprint density at radius 1 is 0.966 bits per heavy atom.